The Balaban J connectivity index is 1.64. The lowest BCUT2D eigenvalue weighted by atomic mass is 10.0. The van der Waals surface area contributed by atoms with Crippen molar-refractivity contribution in [3.8, 4) is 11.1 Å². The smallest absolute Gasteiger partial charge is 0.251 e. The molecule has 0 aliphatic heterocycles. The van der Waals surface area contributed by atoms with Crippen molar-refractivity contribution in [1.82, 2.24) is 5.32 Å². The molecule has 0 aromatic heterocycles. The molecule has 0 atom stereocenters. The van der Waals surface area contributed by atoms with Gasteiger partial charge in [-0.3, -0.25) is 4.79 Å². The van der Waals surface area contributed by atoms with Crippen LogP contribution in [0, 0.1) is 0 Å². The minimum absolute atomic E-state index is 0.121. The lowest BCUT2D eigenvalue weighted by molar-refractivity contribution is 0.0951. The summed E-state index contributed by atoms with van der Waals surface area (Å²) in [5.74, 6) is -0.121. The lowest BCUT2D eigenvalue weighted by Crippen LogP contribution is -2.22. The second-order valence-corrected chi connectivity index (χ2v) is 5.37. The fourth-order valence-corrected chi connectivity index (χ4v) is 2.41. The first-order valence-corrected chi connectivity index (χ1v) is 7.50. The van der Waals surface area contributed by atoms with Crippen molar-refractivity contribution >= 4 is 11.6 Å². The number of anilines is 1. The molecular weight excluding hydrogens is 284 g/mol. The van der Waals surface area contributed by atoms with Gasteiger partial charge in [0.15, 0.2) is 0 Å². The number of carbonyl (C=O) groups excluding carboxylic acids is 1. The molecule has 0 saturated heterocycles. The first-order chi connectivity index (χ1) is 11.2. The highest BCUT2D eigenvalue weighted by Gasteiger charge is 2.05. The van der Waals surface area contributed by atoms with Gasteiger partial charge in [-0.25, -0.2) is 0 Å². The Bertz CT molecular complexity index is 795. The number of rotatable bonds is 4. The third kappa shape index (κ3) is 3.77. The predicted octanol–water partition coefficient (Wildman–Crippen LogP) is 3.87. The Morgan fingerprint density at radius 2 is 1.52 bits per heavy atom. The Hall–Kier alpha value is -3.07. The third-order valence-corrected chi connectivity index (χ3v) is 3.66. The third-order valence-electron chi connectivity index (χ3n) is 3.66. The van der Waals surface area contributed by atoms with Crippen molar-refractivity contribution in [1.29, 1.82) is 0 Å². The van der Waals surface area contributed by atoms with Gasteiger partial charge in [0.2, 0.25) is 0 Å². The minimum Gasteiger partial charge on any atom is -0.399 e. The van der Waals surface area contributed by atoms with E-state index in [0.717, 1.165) is 11.1 Å². The molecule has 0 fully saturated rings. The molecule has 0 radical (unpaired) electrons. The summed E-state index contributed by atoms with van der Waals surface area (Å²) in [6.45, 7) is 0.489. The quantitative estimate of drug-likeness (QED) is 0.719. The molecule has 0 saturated carbocycles. The summed E-state index contributed by atoms with van der Waals surface area (Å²) in [7, 11) is 0. The molecular formula is C20H18N2O. The first kappa shape index (κ1) is 14.9. The van der Waals surface area contributed by atoms with Crippen molar-refractivity contribution in [2.75, 3.05) is 5.73 Å². The van der Waals surface area contributed by atoms with Gasteiger partial charge in [0, 0.05) is 17.8 Å². The van der Waals surface area contributed by atoms with Gasteiger partial charge in [0.25, 0.3) is 5.91 Å². The number of benzene rings is 3. The van der Waals surface area contributed by atoms with Gasteiger partial charge in [0.1, 0.15) is 0 Å². The topological polar surface area (TPSA) is 55.1 Å². The molecule has 3 aromatic rings. The zero-order chi connectivity index (χ0) is 16.1. The lowest BCUT2D eigenvalue weighted by Gasteiger charge is -2.07. The predicted molar refractivity (Wildman–Crippen MR) is 93.9 cm³/mol. The number of amides is 1. The molecule has 3 aromatic carbocycles. The molecule has 0 aliphatic carbocycles. The van der Waals surface area contributed by atoms with Gasteiger partial charge in [-0.2, -0.15) is 0 Å². The van der Waals surface area contributed by atoms with E-state index in [1.54, 1.807) is 24.3 Å². The van der Waals surface area contributed by atoms with Crippen molar-refractivity contribution in [2.45, 2.75) is 6.54 Å². The van der Waals surface area contributed by atoms with Gasteiger partial charge in [-0.15, -0.1) is 0 Å². The van der Waals surface area contributed by atoms with Crippen LogP contribution in [0.25, 0.3) is 11.1 Å². The maximum atomic E-state index is 12.1. The van der Waals surface area contributed by atoms with Crippen LogP contribution in [0.4, 0.5) is 5.69 Å². The van der Waals surface area contributed by atoms with E-state index in [-0.39, 0.29) is 5.91 Å². The van der Waals surface area contributed by atoms with E-state index >= 15 is 0 Å². The van der Waals surface area contributed by atoms with E-state index in [2.05, 4.69) is 29.6 Å². The van der Waals surface area contributed by atoms with Crippen molar-refractivity contribution < 1.29 is 4.79 Å². The van der Waals surface area contributed by atoms with Crippen LogP contribution in [0.2, 0.25) is 0 Å². The van der Waals surface area contributed by atoms with Crippen LogP contribution in [-0.2, 0) is 6.54 Å². The average Bonchev–Trinajstić information content (AvgIpc) is 2.61. The summed E-state index contributed by atoms with van der Waals surface area (Å²) in [4.78, 5) is 12.1. The van der Waals surface area contributed by atoms with Gasteiger partial charge in [0.05, 0.1) is 0 Å². The molecule has 0 aliphatic rings. The van der Waals surface area contributed by atoms with Crippen LogP contribution in [-0.4, -0.2) is 5.91 Å². The number of hydrogen-bond donors (Lipinski definition) is 2. The number of nitrogens with one attached hydrogen (secondary N) is 1. The fraction of sp³-hybridized carbons (Fsp3) is 0.0500. The average molecular weight is 302 g/mol. The first-order valence-electron chi connectivity index (χ1n) is 7.50. The van der Waals surface area contributed by atoms with Crippen LogP contribution in [0.5, 0.6) is 0 Å². The van der Waals surface area contributed by atoms with Crippen molar-refractivity contribution in [3.63, 3.8) is 0 Å². The van der Waals surface area contributed by atoms with Crippen LogP contribution in [0.15, 0.2) is 78.9 Å². The molecule has 0 spiro atoms. The highest BCUT2D eigenvalue weighted by Crippen LogP contribution is 2.19. The zero-order valence-electron chi connectivity index (χ0n) is 12.7. The Morgan fingerprint density at radius 1 is 0.826 bits per heavy atom. The number of nitrogens with two attached hydrogens (primary N) is 1. The molecule has 114 valence electrons. The molecule has 3 heteroatoms. The van der Waals surface area contributed by atoms with Crippen LogP contribution < -0.4 is 11.1 Å². The standard InChI is InChI=1S/C20H18N2O/c21-19-8-4-7-18(13-19)20(23)22-14-15-9-11-17(12-10-15)16-5-2-1-3-6-16/h1-13H,14,21H2,(H,22,23). The maximum Gasteiger partial charge on any atom is 0.251 e. The monoisotopic (exact) mass is 302 g/mol. The molecule has 0 bridgehead atoms. The molecule has 3 rings (SSSR count). The maximum absolute atomic E-state index is 12.1. The summed E-state index contributed by atoms with van der Waals surface area (Å²) in [5, 5.41) is 2.91. The summed E-state index contributed by atoms with van der Waals surface area (Å²) in [6, 6.07) is 25.4. The van der Waals surface area contributed by atoms with Crippen molar-refractivity contribution in [2.24, 2.45) is 0 Å². The van der Waals surface area contributed by atoms with E-state index in [1.807, 2.05) is 30.3 Å². The summed E-state index contributed by atoms with van der Waals surface area (Å²) < 4.78 is 0. The largest absolute Gasteiger partial charge is 0.399 e. The van der Waals surface area contributed by atoms with E-state index in [0.29, 0.717) is 17.8 Å². The highest BCUT2D eigenvalue weighted by molar-refractivity contribution is 5.94. The molecule has 23 heavy (non-hydrogen) atoms. The van der Waals surface area contributed by atoms with E-state index in [4.69, 9.17) is 5.73 Å². The van der Waals surface area contributed by atoms with Crippen LogP contribution >= 0.6 is 0 Å². The number of hydrogen-bond acceptors (Lipinski definition) is 2. The number of nitrogen functional groups attached to an aromatic ring is 1. The minimum atomic E-state index is -0.121. The molecule has 1 amide bonds. The summed E-state index contributed by atoms with van der Waals surface area (Å²) in [6.07, 6.45) is 0. The second-order valence-electron chi connectivity index (χ2n) is 5.37. The highest BCUT2D eigenvalue weighted by atomic mass is 16.1. The van der Waals surface area contributed by atoms with Gasteiger partial charge in [-0.05, 0) is 34.9 Å². The zero-order valence-corrected chi connectivity index (χ0v) is 12.7. The Morgan fingerprint density at radius 3 is 2.22 bits per heavy atom. The van der Waals surface area contributed by atoms with Crippen molar-refractivity contribution in [3.05, 3.63) is 90.0 Å². The van der Waals surface area contributed by atoms with E-state index in [1.165, 1.54) is 5.56 Å². The second kappa shape index (κ2) is 6.79. The molecule has 3 N–H and O–H groups in total. The Labute approximate surface area is 135 Å². The summed E-state index contributed by atoms with van der Waals surface area (Å²) >= 11 is 0. The molecule has 0 heterocycles. The number of carbonyl (C=O) groups is 1. The summed E-state index contributed by atoms with van der Waals surface area (Å²) in [5.41, 5.74) is 10.3. The van der Waals surface area contributed by atoms with E-state index < -0.39 is 0 Å². The SMILES string of the molecule is Nc1cccc(C(=O)NCc2ccc(-c3ccccc3)cc2)c1. The van der Waals surface area contributed by atoms with Crippen LogP contribution in [0.3, 0.4) is 0 Å². The van der Waals surface area contributed by atoms with Crippen LogP contribution in [0.1, 0.15) is 15.9 Å². The Kier molecular flexibility index (Phi) is 4.39. The van der Waals surface area contributed by atoms with Gasteiger partial charge < -0.3 is 11.1 Å². The van der Waals surface area contributed by atoms with Gasteiger partial charge >= 0.3 is 0 Å². The normalized spacial score (nSPS) is 10.3. The van der Waals surface area contributed by atoms with E-state index in [9.17, 15) is 4.79 Å². The fourth-order valence-electron chi connectivity index (χ4n) is 2.41. The molecule has 0 unspecified atom stereocenters. The molecule has 3 nitrogen and oxygen atoms in total. The van der Waals surface area contributed by atoms with Gasteiger partial charge in [-0.1, -0.05) is 60.7 Å².